The van der Waals surface area contributed by atoms with Crippen molar-refractivity contribution in [1.29, 1.82) is 5.26 Å². The highest BCUT2D eigenvalue weighted by Gasteiger charge is 2.34. The zero-order valence-corrected chi connectivity index (χ0v) is 41.0. The van der Waals surface area contributed by atoms with Gasteiger partial charge in [0.25, 0.3) is 0 Å². The Morgan fingerprint density at radius 2 is 0.865 bits per heavy atom. The fraction of sp³-hybridized carbons (Fsp3) is 0. The highest BCUT2D eigenvalue weighted by atomic mass is 32.1. The first kappa shape index (κ1) is 41.1. The summed E-state index contributed by atoms with van der Waals surface area (Å²) in [6.07, 6.45) is 0. The van der Waals surface area contributed by atoms with E-state index in [-0.39, 0.29) is 0 Å². The molecule has 0 atom stereocenters. The Labute approximate surface area is 431 Å². The van der Waals surface area contributed by atoms with Crippen LogP contribution in [0.5, 0.6) is 0 Å². The molecule has 0 aliphatic rings. The third-order valence-electron chi connectivity index (χ3n) is 15.5. The normalized spacial score (nSPS) is 12.0. The molecule has 16 aromatic rings. The second-order valence-electron chi connectivity index (χ2n) is 19.2. The van der Waals surface area contributed by atoms with Gasteiger partial charge in [0.1, 0.15) is 6.07 Å². The van der Waals surface area contributed by atoms with Crippen molar-refractivity contribution in [3.63, 3.8) is 0 Å². The van der Waals surface area contributed by atoms with Crippen LogP contribution in [0.4, 0.5) is 5.69 Å². The maximum Gasteiger partial charge on any atom is 0.220 e. The van der Waals surface area contributed by atoms with Gasteiger partial charge in [0.2, 0.25) is 5.69 Å². The van der Waals surface area contributed by atoms with E-state index in [2.05, 4.69) is 214 Å². The number of nitriles is 1. The molecule has 0 saturated carbocycles. The number of nitrogens with zero attached hydrogens (tertiary/aromatic N) is 4. The van der Waals surface area contributed by atoms with E-state index >= 15 is 0 Å². The molecule has 0 N–H and O–H groups in total. The zero-order chi connectivity index (χ0) is 48.8. The van der Waals surface area contributed by atoms with Gasteiger partial charge in [-0.2, -0.15) is 5.26 Å². The minimum absolute atomic E-state index is 0.425. The smallest absolute Gasteiger partial charge is 0.220 e. The molecular formula is C68H36N4S2. The number of aromatic nitrogens is 2. The highest BCUT2D eigenvalue weighted by Crippen LogP contribution is 2.56. The first-order chi connectivity index (χ1) is 36.7. The number of hydrogen-bond donors (Lipinski definition) is 0. The molecule has 4 nitrogen and oxygen atoms in total. The average Bonchev–Trinajstić information content (AvgIpc) is 4.27. The Balaban J connectivity index is 1.20. The lowest BCUT2D eigenvalue weighted by Crippen LogP contribution is -2.09. The molecule has 0 fully saturated rings. The molecule has 16 rings (SSSR count). The molecule has 0 aliphatic carbocycles. The summed E-state index contributed by atoms with van der Waals surface area (Å²) in [6, 6.07) is 80.7. The minimum atomic E-state index is 0.425. The average molecular weight is 973 g/mol. The predicted octanol–water partition coefficient (Wildman–Crippen LogP) is 19.8. The van der Waals surface area contributed by atoms with Crippen LogP contribution in [0.3, 0.4) is 0 Å². The highest BCUT2D eigenvalue weighted by molar-refractivity contribution is 7.27. The van der Waals surface area contributed by atoms with E-state index in [4.69, 9.17) is 0 Å². The van der Waals surface area contributed by atoms with Crippen molar-refractivity contribution in [3.8, 4) is 50.8 Å². The second kappa shape index (κ2) is 15.5. The van der Waals surface area contributed by atoms with Gasteiger partial charge in [0.15, 0.2) is 0 Å². The molecule has 0 saturated heterocycles. The van der Waals surface area contributed by atoms with Crippen molar-refractivity contribution in [1.82, 2.24) is 9.13 Å². The Hall–Kier alpha value is -9.56. The Kier molecular flexibility index (Phi) is 8.59. The van der Waals surface area contributed by atoms with Gasteiger partial charge in [-0.3, -0.25) is 0 Å². The van der Waals surface area contributed by atoms with Gasteiger partial charge in [-0.05, 0) is 68.1 Å². The monoisotopic (exact) mass is 972 g/mol. The Morgan fingerprint density at radius 1 is 0.378 bits per heavy atom. The molecule has 12 aromatic carbocycles. The van der Waals surface area contributed by atoms with Crippen LogP contribution >= 0.6 is 22.7 Å². The molecule has 0 unspecified atom stereocenters. The van der Waals surface area contributed by atoms with Crippen LogP contribution in [0.1, 0.15) is 5.56 Å². The summed E-state index contributed by atoms with van der Waals surface area (Å²) in [7, 11) is 0. The van der Waals surface area contributed by atoms with E-state index in [1.807, 2.05) is 35.6 Å². The van der Waals surface area contributed by atoms with Gasteiger partial charge in [-0.15, -0.1) is 22.7 Å². The molecule has 0 amide bonds. The molecule has 74 heavy (non-hydrogen) atoms. The minimum Gasteiger partial charge on any atom is -0.318 e. The molecule has 4 aromatic heterocycles. The summed E-state index contributed by atoms with van der Waals surface area (Å²) < 4.78 is 9.51. The zero-order valence-electron chi connectivity index (χ0n) is 39.4. The number of fused-ring (bicyclic) bond motifs is 14. The third kappa shape index (κ3) is 5.43. The van der Waals surface area contributed by atoms with Crippen molar-refractivity contribution in [2.24, 2.45) is 0 Å². The van der Waals surface area contributed by atoms with E-state index in [1.54, 1.807) is 11.3 Å². The largest absolute Gasteiger partial charge is 0.318 e. The summed E-state index contributed by atoms with van der Waals surface area (Å²) in [5.41, 5.74) is 12.0. The van der Waals surface area contributed by atoms with Gasteiger partial charge < -0.3 is 9.13 Å². The number of benzene rings is 12. The maximum atomic E-state index is 12.3. The van der Waals surface area contributed by atoms with E-state index in [0.717, 1.165) is 86.5 Å². The fourth-order valence-electron chi connectivity index (χ4n) is 12.6. The van der Waals surface area contributed by atoms with Crippen LogP contribution in [-0.2, 0) is 0 Å². The van der Waals surface area contributed by atoms with E-state index in [9.17, 15) is 11.8 Å². The maximum absolute atomic E-state index is 12.3. The summed E-state index contributed by atoms with van der Waals surface area (Å²) in [4.78, 5) is 4.63. The molecular weight excluding hydrogens is 937 g/mol. The summed E-state index contributed by atoms with van der Waals surface area (Å²) in [5, 5.41) is 26.3. The van der Waals surface area contributed by atoms with Crippen molar-refractivity contribution in [3.05, 3.63) is 235 Å². The van der Waals surface area contributed by atoms with Gasteiger partial charge in [-0.25, -0.2) is 4.85 Å². The molecule has 6 heteroatoms. The van der Waals surface area contributed by atoms with Gasteiger partial charge >= 0.3 is 0 Å². The van der Waals surface area contributed by atoms with Crippen molar-refractivity contribution in [2.45, 2.75) is 0 Å². The van der Waals surface area contributed by atoms with Crippen molar-refractivity contribution in [2.75, 3.05) is 0 Å². The van der Waals surface area contributed by atoms with Crippen molar-refractivity contribution >= 4 is 134 Å². The molecule has 4 heterocycles. The first-order valence-corrected chi connectivity index (χ1v) is 26.4. The third-order valence-corrected chi connectivity index (χ3v) is 17.9. The first-order valence-electron chi connectivity index (χ1n) is 24.8. The lowest BCUT2D eigenvalue weighted by molar-refractivity contribution is 1.14. The van der Waals surface area contributed by atoms with Crippen LogP contribution in [0.15, 0.2) is 218 Å². The SMILES string of the molecule is [C-]#[N+]c1c(-c2ccccc2)c(C#N)c(-n2c3c(ccc4c5ccccc5sc43)c3ccc4c(sc5cccc(-c6ccccc6)c54)c32)c(-c2ccccc2)c1-n1c2cccc3c4ccccc4c4cccc1c4c32. The number of rotatable bonds is 5. The topological polar surface area (TPSA) is 38.0 Å². The van der Waals surface area contributed by atoms with Crippen LogP contribution in [-0.4, -0.2) is 9.13 Å². The summed E-state index contributed by atoms with van der Waals surface area (Å²) in [5.74, 6) is 0. The van der Waals surface area contributed by atoms with Gasteiger partial charge in [-0.1, -0.05) is 194 Å². The van der Waals surface area contributed by atoms with E-state index in [0.29, 0.717) is 16.8 Å². The van der Waals surface area contributed by atoms with Crippen molar-refractivity contribution < 1.29 is 0 Å². The summed E-state index contributed by atoms with van der Waals surface area (Å²) >= 11 is 3.62. The molecule has 0 radical (unpaired) electrons. The van der Waals surface area contributed by atoms with Crippen LogP contribution < -0.4 is 0 Å². The van der Waals surface area contributed by atoms with Crippen LogP contribution in [0, 0.1) is 17.9 Å². The summed E-state index contributed by atoms with van der Waals surface area (Å²) in [6.45, 7) is 9.46. The van der Waals surface area contributed by atoms with Gasteiger partial charge in [0, 0.05) is 63.6 Å². The lowest BCUT2D eigenvalue weighted by Gasteiger charge is -2.26. The van der Waals surface area contributed by atoms with Crippen LogP contribution in [0.2, 0.25) is 0 Å². The van der Waals surface area contributed by atoms with Gasteiger partial charge in [0.05, 0.1) is 55.0 Å². The number of thiophene rings is 2. The molecule has 340 valence electrons. The molecule has 0 bridgehead atoms. The number of hydrogen-bond acceptors (Lipinski definition) is 3. The Bertz CT molecular complexity index is 5050. The lowest BCUT2D eigenvalue weighted by atomic mass is 9.88. The predicted molar refractivity (Wildman–Crippen MR) is 314 cm³/mol. The Morgan fingerprint density at radius 3 is 1.49 bits per heavy atom. The van der Waals surface area contributed by atoms with E-state index in [1.165, 1.54) is 58.2 Å². The molecule has 0 spiro atoms. The fourth-order valence-corrected chi connectivity index (χ4v) is 15.1. The quantitative estimate of drug-likeness (QED) is 0.125. The standard InChI is InChI=1S/C68H36N4S2/c1-70-62-57(40-20-7-3-8-21-40)52(38-69)63(58(41-22-9-4-10-23-41)66(62)71-53-30-15-28-46-43-24-11-12-25-44(43)47-29-16-31-54(71)61(47)60(46)53)72-64-48(34-36-50-45-26-13-14-32-55(45)73-67(50)64)49-35-37-51-59-42(39-18-5-2-6-19-39)27-17-33-56(59)74-68(51)65(49)72/h2-37H. The van der Waals surface area contributed by atoms with Crippen LogP contribution in [0.25, 0.3) is 155 Å². The second-order valence-corrected chi connectivity index (χ2v) is 21.3. The molecule has 0 aliphatic heterocycles. The van der Waals surface area contributed by atoms with E-state index < -0.39 is 0 Å².